The van der Waals surface area contributed by atoms with Gasteiger partial charge in [0, 0.05) is 33.9 Å². The number of rotatable bonds is 9. The van der Waals surface area contributed by atoms with Crippen molar-refractivity contribution in [2.75, 3.05) is 34.0 Å². The fourth-order valence-electron chi connectivity index (χ4n) is 1.05. The summed E-state index contributed by atoms with van der Waals surface area (Å²) in [7, 11) is 3.23. The maximum Gasteiger partial charge on any atom is 0.322 e. The Morgan fingerprint density at radius 3 is 2.33 bits per heavy atom. The Morgan fingerprint density at radius 2 is 1.73 bits per heavy atom. The predicted octanol–water partition coefficient (Wildman–Crippen LogP) is 0.320. The van der Waals surface area contributed by atoms with Crippen LogP contribution >= 0.6 is 0 Å². The molecule has 5 heteroatoms. The number of hydrogen-bond acceptors (Lipinski definition) is 5. The van der Waals surface area contributed by atoms with E-state index in [0.29, 0.717) is 32.7 Å². The molecule has 1 atom stereocenters. The van der Waals surface area contributed by atoms with Gasteiger partial charge in [-0.2, -0.15) is 0 Å². The molecule has 90 valence electrons. The smallest absolute Gasteiger partial charge is 0.322 e. The number of hydrogen-bond donors (Lipinski definition) is 1. The van der Waals surface area contributed by atoms with Crippen LogP contribution in [-0.4, -0.2) is 46.1 Å². The molecule has 1 unspecified atom stereocenters. The van der Waals surface area contributed by atoms with E-state index in [4.69, 9.17) is 19.9 Å². The lowest BCUT2D eigenvalue weighted by Crippen LogP contribution is -2.32. The zero-order valence-electron chi connectivity index (χ0n) is 9.53. The third kappa shape index (κ3) is 8.35. The number of nitrogens with two attached hydrogens (primary N) is 1. The van der Waals surface area contributed by atoms with Gasteiger partial charge in [-0.1, -0.05) is 0 Å². The van der Waals surface area contributed by atoms with Crippen LogP contribution in [-0.2, 0) is 19.0 Å². The molecule has 5 nitrogen and oxygen atoms in total. The molecule has 15 heavy (non-hydrogen) atoms. The Morgan fingerprint density at radius 1 is 1.13 bits per heavy atom. The standard InChI is InChI=1S/C10H21NO4/c1-13-6-3-5-9(11)10(12)15-8-4-7-14-2/h9H,3-8,11H2,1-2H3. The molecule has 0 rings (SSSR count). The van der Waals surface area contributed by atoms with Crippen molar-refractivity contribution in [2.24, 2.45) is 5.73 Å². The number of carbonyl (C=O) groups excluding carboxylic acids is 1. The summed E-state index contributed by atoms with van der Waals surface area (Å²) in [5, 5.41) is 0. The first kappa shape index (κ1) is 14.3. The maximum absolute atomic E-state index is 11.3. The van der Waals surface area contributed by atoms with Gasteiger partial charge >= 0.3 is 5.97 Å². The fourth-order valence-corrected chi connectivity index (χ4v) is 1.05. The van der Waals surface area contributed by atoms with E-state index in [1.54, 1.807) is 14.2 Å². The van der Waals surface area contributed by atoms with Gasteiger partial charge in [-0.15, -0.1) is 0 Å². The number of methoxy groups -OCH3 is 2. The molecule has 0 bridgehead atoms. The van der Waals surface area contributed by atoms with Crippen LogP contribution in [0.25, 0.3) is 0 Å². The van der Waals surface area contributed by atoms with Crippen LogP contribution in [0.1, 0.15) is 19.3 Å². The summed E-state index contributed by atoms with van der Waals surface area (Å²) in [4.78, 5) is 11.3. The molecule has 0 heterocycles. The summed E-state index contributed by atoms with van der Waals surface area (Å²) in [5.74, 6) is -0.345. The first-order valence-corrected chi connectivity index (χ1v) is 5.12. The molecule has 0 spiro atoms. The Hall–Kier alpha value is -0.650. The molecule has 0 aliphatic carbocycles. The Balaban J connectivity index is 3.42. The largest absolute Gasteiger partial charge is 0.464 e. The lowest BCUT2D eigenvalue weighted by atomic mass is 10.2. The van der Waals surface area contributed by atoms with Gasteiger partial charge in [0.05, 0.1) is 6.61 Å². The summed E-state index contributed by atoms with van der Waals surface area (Å²) in [6, 6.07) is -0.539. The molecule has 0 radical (unpaired) electrons. The topological polar surface area (TPSA) is 70.8 Å². The second kappa shape index (κ2) is 9.89. The van der Waals surface area contributed by atoms with Gasteiger partial charge in [0.1, 0.15) is 6.04 Å². The quantitative estimate of drug-likeness (QED) is 0.446. The molecule has 0 amide bonds. The maximum atomic E-state index is 11.3. The van der Waals surface area contributed by atoms with E-state index >= 15 is 0 Å². The summed E-state index contributed by atoms with van der Waals surface area (Å²) >= 11 is 0. The highest BCUT2D eigenvalue weighted by Gasteiger charge is 2.13. The lowest BCUT2D eigenvalue weighted by molar-refractivity contribution is -0.145. The van der Waals surface area contributed by atoms with Crippen LogP contribution in [0.15, 0.2) is 0 Å². The van der Waals surface area contributed by atoms with Crippen LogP contribution in [0, 0.1) is 0 Å². The normalized spacial score (nSPS) is 12.5. The molecular formula is C10H21NO4. The Bertz CT molecular complexity index is 164. The van der Waals surface area contributed by atoms with E-state index in [-0.39, 0.29) is 5.97 Å². The van der Waals surface area contributed by atoms with Crippen molar-refractivity contribution < 1.29 is 19.0 Å². The zero-order chi connectivity index (χ0) is 11.5. The van der Waals surface area contributed by atoms with E-state index in [1.165, 1.54) is 0 Å². The fraction of sp³-hybridized carbons (Fsp3) is 0.900. The Labute approximate surface area is 90.9 Å². The minimum absolute atomic E-state index is 0.345. The summed E-state index contributed by atoms with van der Waals surface area (Å²) in [5.41, 5.74) is 5.61. The van der Waals surface area contributed by atoms with Gasteiger partial charge in [-0.3, -0.25) is 4.79 Å². The highest BCUT2D eigenvalue weighted by molar-refractivity contribution is 5.75. The third-order valence-corrected chi connectivity index (χ3v) is 1.90. The molecule has 2 N–H and O–H groups in total. The average molecular weight is 219 g/mol. The molecular weight excluding hydrogens is 198 g/mol. The van der Waals surface area contributed by atoms with Crippen molar-refractivity contribution in [3.63, 3.8) is 0 Å². The molecule has 0 aromatic rings. The van der Waals surface area contributed by atoms with E-state index in [2.05, 4.69) is 0 Å². The van der Waals surface area contributed by atoms with Crippen molar-refractivity contribution in [3.8, 4) is 0 Å². The van der Waals surface area contributed by atoms with Crippen molar-refractivity contribution in [3.05, 3.63) is 0 Å². The van der Waals surface area contributed by atoms with Crippen LogP contribution in [0.4, 0.5) is 0 Å². The SMILES string of the molecule is COCCCOC(=O)C(N)CCCOC. The number of carbonyl (C=O) groups is 1. The zero-order valence-corrected chi connectivity index (χ0v) is 9.53. The van der Waals surface area contributed by atoms with Crippen LogP contribution in [0.2, 0.25) is 0 Å². The van der Waals surface area contributed by atoms with Gasteiger partial charge in [0.15, 0.2) is 0 Å². The first-order valence-electron chi connectivity index (χ1n) is 5.12. The second-order valence-electron chi connectivity index (χ2n) is 3.26. The number of ether oxygens (including phenoxy) is 3. The molecule has 0 aromatic carbocycles. The van der Waals surface area contributed by atoms with E-state index < -0.39 is 6.04 Å². The first-order chi connectivity index (χ1) is 7.22. The van der Waals surface area contributed by atoms with Gasteiger partial charge in [-0.05, 0) is 12.8 Å². The van der Waals surface area contributed by atoms with Gasteiger partial charge < -0.3 is 19.9 Å². The summed E-state index contributed by atoms with van der Waals surface area (Å²) in [6.45, 7) is 1.57. The van der Waals surface area contributed by atoms with E-state index in [0.717, 1.165) is 6.42 Å². The van der Waals surface area contributed by atoms with Crippen molar-refractivity contribution >= 4 is 5.97 Å². The number of esters is 1. The molecule has 0 saturated heterocycles. The summed E-state index contributed by atoms with van der Waals surface area (Å²) < 4.78 is 14.6. The highest BCUT2D eigenvalue weighted by atomic mass is 16.5. The molecule has 0 aliphatic heterocycles. The van der Waals surface area contributed by atoms with Gasteiger partial charge in [-0.25, -0.2) is 0 Å². The Kier molecular flexibility index (Phi) is 9.46. The molecule has 0 saturated carbocycles. The van der Waals surface area contributed by atoms with E-state index in [1.807, 2.05) is 0 Å². The van der Waals surface area contributed by atoms with Gasteiger partial charge in [0.2, 0.25) is 0 Å². The third-order valence-electron chi connectivity index (χ3n) is 1.90. The monoisotopic (exact) mass is 219 g/mol. The molecule has 0 fully saturated rings. The van der Waals surface area contributed by atoms with Crippen LogP contribution in [0.3, 0.4) is 0 Å². The average Bonchev–Trinajstić information content (AvgIpc) is 2.24. The summed E-state index contributed by atoms with van der Waals surface area (Å²) in [6.07, 6.45) is 2.06. The molecule has 0 aliphatic rings. The van der Waals surface area contributed by atoms with Crippen molar-refractivity contribution in [1.82, 2.24) is 0 Å². The second-order valence-corrected chi connectivity index (χ2v) is 3.26. The van der Waals surface area contributed by atoms with Crippen molar-refractivity contribution in [1.29, 1.82) is 0 Å². The highest BCUT2D eigenvalue weighted by Crippen LogP contribution is 1.98. The van der Waals surface area contributed by atoms with Crippen LogP contribution in [0.5, 0.6) is 0 Å². The minimum Gasteiger partial charge on any atom is -0.464 e. The van der Waals surface area contributed by atoms with Crippen LogP contribution < -0.4 is 5.73 Å². The van der Waals surface area contributed by atoms with Crippen molar-refractivity contribution in [2.45, 2.75) is 25.3 Å². The minimum atomic E-state index is -0.539. The lowest BCUT2D eigenvalue weighted by Gasteiger charge is -2.10. The van der Waals surface area contributed by atoms with Gasteiger partial charge in [0.25, 0.3) is 0 Å². The van der Waals surface area contributed by atoms with E-state index in [9.17, 15) is 4.79 Å². The molecule has 0 aromatic heterocycles. The predicted molar refractivity (Wildman–Crippen MR) is 56.5 cm³/mol.